The molecule has 0 unspecified atom stereocenters. The second-order valence-corrected chi connectivity index (χ2v) is 18.2. The van der Waals surface area contributed by atoms with E-state index in [1.54, 1.807) is 0 Å². The van der Waals surface area contributed by atoms with Gasteiger partial charge in [-0.15, -0.1) is 0 Å². The lowest BCUT2D eigenvalue weighted by atomic mass is 9.81. The van der Waals surface area contributed by atoms with Gasteiger partial charge in [0.25, 0.3) is 0 Å². The Bertz CT molecular complexity index is 4270. The lowest BCUT2D eigenvalue weighted by Crippen LogP contribution is -1.95. The van der Waals surface area contributed by atoms with Crippen molar-refractivity contribution in [3.05, 3.63) is 255 Å². The summed E-state index contributed by atoms with van der Waals surface area (Å²) < 4.78 is 6.25. The number of benzene rings is 13. The van der Waals surface area contributed by atoms with Gasteiger partial charge in [0.2, 0.25) is 0 Å². The summed E-state index contributed by atoms with van der Waals surface area (Å²) in [6, 6.07) is 93.4. The first-order chi connectivity index (χ1) is 34.2. The molecule has 0 amide bonds. The second-order valence-electron chi connectivity index (χ2n) is 18.2. The van der Waals surface area contributed by atoms with Crippen LogP contribution in [-0.2, 0) is 0 Å². The minimum Gasteiger partial charge on any atom is -0.456 e. The molecule has 0 N–H and O–H groups in total. The first-order valence-corrected chi connectivity index (χ1v) is 23.8. The Labute approximate surface area is 399 Å². The fourth-order valence-electron chi connectivity index (χ4n) is 11.4. The van der Waals surface area contributed by atoms with Crippen LogP contribution in [0.15, 0.2) is 259 Å². The van der Waals surface area contributed by atoms with Gasteiger partial charge in [0.15, 0.2) is 0 Å². The van der Waals surface area contributed by atoms with Gasteiger partial charge in [-0.25, -0.2) is 0 Å². The van der Waals surface area contributed by atoms with E-state index in [9.17, 15) is 0 Å². The summed E-state index contributed by atoms with van der Waals surface area (Å²) in [6.07, 6.45) is 0. The van der Waals surface area contributed by atoms with E-state index in [1.165, 1.54) is 121 Å². The molecule has 14 rings (SSSR count). The third-order valence-electron chi connectivity index (χ3n) is 14.5. The number of para-hydroxylation sites is 1. The van der Waals surface area contributed by atoms with Gasteiger partial charge in [-0.1, -0.05) is 231 Å². The van der Waals surface area contributed by atoms with Gasteiger partial charge in [0.05, 0.1) is 0 Å². The minimum atomic E-state index is 0.908. The quantitative estimate of drug-likeness (QED) is 0.120. The zero-order chi connectivity index (χ0) is 45.4. The van der Waals surface area contributed by atoms with Gasteiger partial charge in [-0.3, -0.25) is 0 Å². The van der Waals surface area contributed by atoms with E-state index >= 15 is 0 Å². The van der Waals surface area contributed by atoms with E-state index in [0.29, 0.717) is 0 Å². The maximum absolute atomic E-state index is 6.25. The molecule has 0 fully saturated rings. The summed E-state index contributed by atoms with van der Waals surface area (Å²) in [5.41, 5.74) is 16.5. The highest BCUT2D eigenvalue weighted by Crippen LogP contribution is 2.50. The molecule has 13 aromatic carbocycles. The van der Waals surface area contributed by atoms with E-state index in [4.69, 9.17) is 4.42 Å². The molecule has 0 saturated heterocycles. The van der Waals surface area contributed by atoms with Gasteiger partial charge in [-0.05, 0) is 145 Å². The van der Waals surface area contributed by atoms with Crippen LogP contribution in [0.25, 0.3) is 143 Å². The summed E-state index contributed by atoms with van der Waals surface area (Å²) in [7, 11) is 0. The van der Waals surface area contributed by atoms with E-state index in [0.717, 1.165) is 21.9 Å². The van der Waals surface area contributed by atoms with Gasteiger partial charge in [0.1, 0.15) is 11.2 Å². The predicted molar refractivity (Wildman–Crippen MR) is 294 cm³/mol. The maximum Gasteiger partial charge on any atom is 0.135 e. The van der Waals surface area contributed by atoms with Crippen LogP contribution in [0.4, 0.5) is 0 Å². The van der Waals surface area contributed by atoms with Crippen molar-refractivity contribution in [1.29, 1.82) is 0 Å². The van der Waals surface area contributed by atoms with Gasteiger partial charge >= 0.3 is 0 Å². The predicted octanol–water partition coefficient (Wildman–Crippen LogP) is 19.4. The van der Waals surface area contributed by atoms with Crippen molar-refractivity contribution >= 4 is 75.8 Å². The zero-order valence-electron chi connectivity index (χ0n) is 37.7. The molecule has 14 aromatic rings. The standard InChI is InChI=1S/C68H42O/c1-3-17-44(18-4-1)64-50-38-35-47(41-48(50)36-39-60(64)68-55-25-10-8-22-52(55)51-21-7-9-24-54(51)67(68)45-19-5-2-6-20-45)43-31-33-46(34-32-43)65-56-26-11-13-28-58(56)66(59-29-14-12-27-57(59)65)49-37-40-63-61(42-49)53-23-15-16-30-62(53)69-63/h1-42H. The Kier molecular flexibility index (Phi) is 8.97. The fraction of sp³-hybridized carbons (Fsp3) is 0. The summed E-state index contributed by atoms with van der Waals surface area (Å²) in [5, 5.41) is 14.7. The molecule has 1 aromatic heterocycles. The Hall–Kier alpha value is -9.04. The molecule has 0 atom stereocenters. The SMILES string of the molecule is c1ccc(-c2c(-c3c(-c4ccccc4)c4ccccc4c4ccccc34)ccc3cc(-c4ccc(-c5c6ccccc6c(-c6ccc7oc8ccccc8c7c6)c6ccccc56)cc4)ccc23)cc1. The number of hydrogen-bond donors (Lipinski definition) is 0. The summed E-state index contributed by atoms with van der Waals surface area (Å²) in [4.78, 5) is 0. The number of furan rings is 1. The first kappa shape index (κ1) is 39.2. The summed E-state index contributed by atoms with van der Waals surface area (Å²) in [5.74, 6) is 0. The lowest BCUT2D eigenvalue weighted by molar-refractivity contribution is 0.669. The second kappa shape index (κ2) is 15.8. The molecular weight excluding hydrogens is 833 g/mol. The maximum atomic E-state index is 6.25. The lowest BCUT2D eigenvalue weighted by Gasteiger charge is -2.22. The third-order valence-corrected chi connectivity index (χ3v) is 14.5. The van der Waals surface area contributed by atoms with Crippen LogP contribution >= 0.6 is 0 Å². The zero-order valence-corrected chi connectivity index (χ0v) is 37.7. The Balaban J connectivity index is 0.916. The number of rotatable bonds is 6. The largest absolute Gasteiger partial charge is 0.456 e. The molecule has 0 radical (unpaired) electrons. The molecule has 0 aliphatic carbocycles. The van der Waals surface area contributed by atoms with Crippen molar-refractivity contribution in [2.24, 2.45) is 0 Å². The van der Waals surface area contributed by atoms with Crippen LogP contribution in [0.5, 0.6) is 0 Å². The highest BCUT2D eigenvalue weighted by molar-refractivity contribution is 6.25. The van der Waals surface area contributed by atoms with Crippen molar-refractivity contribution in [2.45, 2.75) is 0 Å². The van der Waals surface area contributed by atoms with Crippen molar-refractivity contribution in [1.82, 2.24) is 0 Å². The molecule has 1 heteroatoms. The van der Waals surface area contributed by atoms with E-state index in [1.807, 2.05) is 12.1 Å². The molecule has 0 bridgehead atoms. The molecular formula is C68H42O. The van der Waals surface area contributed by atoms with Crippen LogP contribution < -0.4 is 0 Å². The van der Waals surface area contributed by atoms with Crippen LogP contribution in [-0.4, -0.2) is 0 Å². The van der Waals surface area contributed by atoms with Crippen molar-refractivity contribution in [2.75, 3.05) is 0 Å². The normalized spacial score (nSPS) is 11.8. The highest BCUT2D eigenvalue weighted by Gasteiger charge is 2.23. The molecule has 1 nitrogen and oxygen atoms in total. The molecule has 0 aliphatic heterocycles. The average Bonchev–Trinajstić information content (AvgIpc) is 3.80. The molecule has 0 aliphatic rings. The Morgan fingerprint density at radius 3 is 1.22 bits per heavy atom. The van der Waals surface area contributed by atoms with Crippen molar-refractivity contribution in [3.63, 3.8) is 0 Å². The van der Waals surface area contributed by atoms with Crippen molar-refractivity contribution in [3.8, 4) is 66.8 Å². The van der Waals surface area contributed by atoms with Gasteiger partial charge < -0.3 is 4.42 Å². The Morgan fingerprint density at radius 1 is 0.188 bits per heavy atom. The van der Waals surface area contributed by atoms with E-state index in [2.05, 4.69) is 243 Å². The molecule has 0 saturated carbocycles. The molecule has 1 heterocycles. The van der Waals surface area contributed by atoms with Crippen molar-refractivity contribution < 1.29 is 4.42 Å². The molecule has 320 valence electrons. The number of hydrogen-bond acceptors (Lipinski definition) is 1. The van der Waals surface area contributed by atoms with Crippen LogP contribution in [0, 0.1) is 0 Å². The smallest absolute Gasteiger partial charge is 0.135 e. The van der Waals surface area contributed by atoms with Gasteiger partial charge in [0, 0.05) is 10.8 Å². The van der Waals surface area contributed by atoms with Crippen LogP contribution in [0.1, 0.15) is 0 Å². The van der Waals surface area contributed by atoms with E-state index in [-0.39, 0.29) is 0 Å². The number of fused-ring (bicyclic) bond motifs is 9. The van der Waals surface area contributed by atoms with Crippen LogP contribution in [0.2, 0.25) is 0 Å². The highest BCUT2D eigenvalue weighted by atomic mass is 16.3. The molecule has 69 heavy (non-hydrogen) atoms. The van der Waals surface area contributed by atoms with Gasteiger partial charge in [-0.2, -0.15) is 0 Å². The monoisotopic (exact) mass is 874 g/mol. The minimum absolute atomic E-state index is 0.908. The summed E-state index contributed by atoms with van der Waals surface area (Å²) in [6.45, 7) is 0. The van der Waals surface area contributed by atoms with Crippen LogP contribution in [0.3, 0.4) is 0 Å². The molecule has 0 spiro atoms. The third kappa shape index (κ3) is 6.25. The Morgan fingerprint density at radius 2 is 0.609 bits per heavy atom. The average molecular weight is 875 g/mol. The topological polar surface area (TPSA) is 13.1 Å². The summed E-state index contributed by atoms with van der Waals surface area (Å²) >= 11 is 0. The fourth-order valence-corrected chi connectivity index (χ4v) is 11.4. The van der Waals surface area contributed by atoms with E-state index < -0.39 is 0 Å². The first-order valence-electron chi connectivity index (χ1n) is 23.8.